The second-order valence-corrected chi connectivity index (χ2v) is 6.24. The molecule has 0 spiro atoms. The van der Waals surface area contributed by atoms with E-state index in [1.807, 2.05) is 18.2 Å². The van der Waals surface area contributed by atoms with E-state index in [-0.39, 0.29) is 29.8 Å². The standard InChI is InChI=1S/C18H17FN4O2S/c1-12(24)22-13-6-7-14(19)16(10-13)21-11-18(25)23-15-4-2-3-5-17(15)26-9-8-20/h2-7,10,21H,9,11H2,1H3,(H,22,24)(H,23,25). The van der Waals surface area contributed by atoms with Crippen molar-refractivity contribution in [3.63, 3.8) is 0 Å². The third-order valence-electron chi connectivity index (χ3n) is 3.18. The zero-order chi connectivity index (χ0) is 18.9. The van der Waals surface area contributed by atoms with Crippen molar-refractivity contribution in [2.75, 3.05) is 28.2 Å². The van der Waals surface area contributed by atoms with Gasteiger partial charge >= 0.3 is 0 Å². The number of halogens is 1. The Morgan fingerprint density at radius 2 is 1.92 bits per heavy atom. The summed E-state index contributed by atoms with van der Waals surface area (Å²) in [6.45, 7) is 1.20. The van der Waals surface area contributed by atoms with Crippen molar-refractivity contribution in [1.29, 1.82) is 5.26 Å². The van der Waals surface area contributed by atoms with Crippen molar-refractivity contribution in [1.82, 2.24) is 0 Å². The fourth-order valence-corrected chi connectivity index (χ4v) is 2.79. The predicted octanol–water partition coefficient (Wildman–Crippen LogP) is 3.45. The number of carbonyl (C=O) groups is 2. The Morgan fingerprint density at radius 1 is 1.15 bits per heavy atom. The maximum absolute atomic E-state index is 13.8. The highest BCUT2D eigenvalue weighted by molar-refractivity contribution is 7.99. The summed E-state index contributed by atoms with van der Waals surface area (Å²) < 4.78 is 13.8. The summed E-state index contributed by atoms with van der Waals surface area (Å²) in [6, 6.07) is 13.2. The molecule has 0 radical (unpaired) electrons. The van der Waals surface area contributed by atoms with Gasteiger partial charge in [-0.3, -0.25) is 9.59 Å². The van der Waals surface area contributed by atoms with Crippen LogP contribution in [0.2, 0.25) is 0 Å². The Labute approximate surface area is 154 Å². The van der Waals surface area contributed by atoms with Crippen LogP contribution in [0.5, 0.6) is 0 Å². The topological polar surface area (TPSA) is 94.0 Å². The second kappa shape index (κ2) is 9.44. The molecule has 8 heteroatoms. The minimum absolute atomic E-state index is 0.110. The lowest BCUT2D eigenvalue weighted by Crippen LogP contribution is -2.22. The molecule has 6 nitrogen and oxygen atoms in total. The lowest BCUT2D eigenvalue weighted by molar-refractivity contribution is -0.115. The molecular formula is C18H17FN4O2S. The molecule has 26 heavy (non-hydrogen) atoms. The van der Waals surface area contributed by atoms with E-state index in [0.29, 0.717) is 11.4 Å². The highest BCUT2D eigenvalue weighted by Crippen LogP contribution is 2.26. The molecule has 0 aliphatic carbocycles. The summed E-state index contributed by atoms with van der Waals surface area (Å²) in [5.41, 5.74) is 1.13. The van der Waals surface area contributed by atoms with Crippen LogP contribution in [0.4, 0.5) is 21.5 Å². The molecule has 2 rings (SSSR count). The molecule has 0 unspecified atom stereocenters. The van der Waals surface area contributed by atoms with Gasteiger partial charge in [-0.05, 0) is 30.3 Å². The zero-order valence-electron chi connectivity index (χ0n) is 14.0. The molecule has 0 aliphatic heterocycles. The number of anilines is 3. The van der Waals surface area contributed by atoms with Gasteiger partial charge in [-0.2, -0.15) is 5.26 Å². The number of carbonyl (C=O) groups excluding carboxylic acids is 2. The highest BCUT2D eigenvalue weighted by Gasteiger charge is 2.09. The molecule has 0 heterocycles. The van der Waals surface area contributed by atoms with Gasteiger partial charge in [0, 0.05) is 17.5 Å². The van der Waals surface area contributed by atoms with Crippen molar-refractivity contribution in [2.45, 2.75) is 11.8 Å². The van der Waals surface area contributed by atoms with E-state index < -0.39 is 5.82 Å². The summed E-state index contributed by atoms with van der Waals surface area (Å²) >= 11 is 1.32. The average Bonchev–Trinajstić information content (AvgIpc) is 2.61. The van der Waals surface area contributed by atoms with Crippen LogP contribution in [0, 0.1) is 17.1 Å². The number of amides is 2. The lowest BCUT2D eigenvalue weighted by atomic mass is 10.2. The number of nitriles is 1. The number of benzene rings is 2. The average molecular weight is 372 g/mol. The summed E-state index contributed by atoms with van der Waals surface area (Å²) in [5, 5.41) is 16.7. The van der Waals surface area contributed by atoms with E-state index in [9.17, 15) is 14.0 Å². The summed E-state index contributed by atoms with van der Waals surface area (Å²) in [6.07, 6.45) is 0. The number of rotatable bonds is 7. The molecule has 0 aromatic heterocycles. The van der Waals surface area contributed by atoms with Crippen LogP contribution >= 0.6 is 11.8 Å². The minimum atomic E-state index is -0.531. The van der Waals surface area contributed by atoms with Gasteiger partial charge in [-0.1, -0.05) is 12.1 Å². The fraction of sp³-hybridized carbons (Fsp3) is 0.167. The van der Waals surface area contributed by atoms with Crippen molar-refractivity contribution < 1.29 is 14.0 Å². The summed E-state index contributed by atoms with van der Waals surface area (Å²) in [7, 11) is 0. The van der Waals surface area contributed by atoms with Crippen LogP contribution < -0.4 is 16.0 Å². The normalized spacial score (nSPS) is 9.88. The van der Waals surface area contributed by atoms with Gasteiger partial charge in [0.1, 0.15) is 5.82 Å². The van der Waals surface area contributed by atoms with Crippen LogP contribution in [0.25, 0.3) is 0 Å². The third-order valence-corrected chi connectivity index (χ3v) is 4.12. The van der Waals surface area contributed by atoms with Crippen LogP contribution in [-0.2, 0) is 9.59 Å². The monoisotopic (exact) mass is 372 g/mol. The Hall–Kier alpha value is -3.05. The van der Waals surface area contributed by atoms with Gasteiger partial charge in [0.2, 0.25) is 11.8 Å². The highest BCUT2D eigenvalue weighted by atomic mass is 32.2. The quantitative estimate of drug-likeness (QED) is 0.647. The number of hydrogen-bond donors (Lipinski definition) is 3. The lowest BCUT2D eigenvalue weighted by Gasteiger charge is -2.12. The van der Waals surface area contributed by atoms with Crippen LogP contribution in [0.3, 0.4) is 0 Å². The van der Waals surface area contributed by atoms with Gasteiger partial charge < -0.3 is 16.0 Å². The first kappa shape index (κ1) is 19.3. The first-order valence-electron chi connectivity index (χ1n) is 7.69. The third kappa shape index (κ3) is 5.79. The summed E-state index contributed by atoms with van der Waals surface area (Å²) in [5.74, 6) is -0.894. The fourth-order valence-electron chi connectivity index (χ4n) is 2.12. The molecule has 3 N–H and O–H groups in total. The number of para-hydroxylation sites is 1. The number of hydrogen-bond acceptors (Lipinski definition) is 5. The van der Waals surface area contributed by atoms with Gasteiger partial charge in [-0.25, -0.2) is 4.39 Å². The van der Waals surface area contributed by atoms with E-state index in [1.165, 1.54) is 36.9 Å². The molecule has 2 aromatic carbocycles. The molecule has 0 fully saturated rings. The largest absolute Gasteiger partial charge is 0.374 e. The smallest absolute Gasteiger partial charge is 0.243 e. The Bertz CT molecular complexity index is 851. The van der Waals surface area contributed by atoms with E-state index in [1.54, 1.807) is 12.1 Å². The van der Waals surface area contributed by atoms with Gasteiger partial charge in [-0.15, -0.1) is 11.8 Å². The molecule has 0 atom stereocenters. The van der Waals surface area contributed by atoms with E-state index in [2.05, 4.69) is 16.0 Å². The molecule has 134 valence electrons. The Kier molecular flexibility index (Phi) is 7.00. The number of nitrogens with one attached hydrogen (secondary N) is 3. The van der Waals surface area contributed by atoms with Gasteiger partial charge in [0.25, 0.3) is 0 Å². The maximum atomic E-state index is 13.8. The first-order valence-corrected chi connectivity index (χ1v) is 8.68. The molecular weight excluding hydrogens is 355 g/mol. The molecule has 0 saturated heterocycles. The SMILES string of the molecule is CC(=O)Nc1ccc(F)c(NCC(=O)Nc2ccccc2SCC#N)c1. The van der Waals surface area contributed by atoms with Crippen molar-refractivity contribution in [2.24, 2.45) is 0 Å². The molecule has 2 amide bonds. The molecule has 0 aliphatic rings. The van der Waals surface area contributed by atoms with Crippen molar-refractivity contribution in [3.8, 4) is 6.07 Å². The second-order valence-electron chi connectivity index (χ2n) is 5.22. The van der Waals surface area contributed by atoms with E-state index in [0.717, 1.165) is 4.90 Å². The maximum Gasteiger partial charge on any atom is 0.243 e. The number of thioether (sulfide) groups is 1. The first-order chi connectivity index (χ1) is 12.5. The minimum Gasteiger partial charge on any atom is -0.374 e. The zero-order valence-corrected chi connectivity index (χ0v) is 14.8. The van der Waals surface area contributed by atoms with Crippen molar-refractivity contribution in [3.05, 3.63) is 48.3 Å². The van der Waals surface area contributed by atoms with E-state index >= 15 is 0 Å². The van der Waals surface area contributed by atoms with Gasteiger partial charge in [0.05, 0.1) is 29.7 Å². The Morgan fingerprint density at radius 3 is 2.65 bits per heavy atom. The summed E-state index contributed by atoms with van der Waals surface area (Å²) in [4.78, 5) is 24.0. The molecule has 0 saturated carbocycles. The predicted molar refractivity (Wildman–Crippen MR) is 101 cm³/mol. The number of nitrogens with zero attached hydrogens (tertiary/aromatic N) is 1. The van der Waals surface area contributed by atoms with Gasteiger partial charge in [0.15, 0.2) is 0 Å². The van der Waals surface area contributed by atoms with Crippen LogP contribution in [0.15, 0.2) is 47.4 Å². The van der Waals surface area contributed by atoms with Crippen LogP contribution in [0.1, 0.15) is 6.92 Å². The Balaban J connectivity index is 1.99. The van der Waals surface area contributed by atoms with E-state index in [4.69, 9.17) is 5.26 Å². The van der Waals surface area contributed by atoms with Crippen molar-refractivity contribution >= 4 is 40.6 Å². The molecule has 0 bridgehead atoms. The van der Waals surface area contributed by atoms with Crippen LogP contribution in [-0.4, -0.2) is 24.1 Å². The molecule has 2 aromatic rings.